The normalized spacial score (nSPS) is 16.9. The molecule has 0 bridgehead atoms. The Morgan fingerprint density at radius 2 is 2.00 bits per heavy atom. The molecule has 18 heavy (non-hydrogen) atoms. The maximum absolute atomic E-state index is 5.42. The van der Waals surface area contributed by atoms with E-state index in [4.69, 9.17) is 4.52 Å². The highest BCUT2D eigenvalue weighted by Crippen LogP contribution is 2.32. The average Bonchev–Trinajstić information content (AvgIpc) is 2.89. The van der Waals surface area contributed by atoms with Crippen LogP contribution in [-0.4, -0.2) is 10.1 Å². The topological polar surface area (TPSA) is 38.9 Å². The zero-order valence-electron chi connectivity index (χ0n) is 10.1. The molecule has 1 fully saturated rings. The predicted molar refractivity (Wildman–Crippen MR) is 73.3 cm³/mol. The van der Waals surface area contributed by atoms with Crippen LogP contribution in [0.2, 0.25) is 0 Å². The molecule has 3 nitrogen and oxygen atoms in total. The van der Waals surface area contributed by atoms with Gasteiger partial charge in [0.25, 0.3) is 0 Å². The third-order valence-electron chi connectivity index (χ3n) is 3.48. The first-order chi connectivity index (χ1) is 8.83. The monoisotopic (exact) mass is 306 g/mol. The minimum atomic E-state index is 0.465. The number of hydrogen-bond acceptors (Lipinski definition) is 3. The van der Waals surface area contributed by atoms with E-state index in [0.717, 1.165) is 15.9 Å². The van der Waals surface area contributed by atoms with Gasteiger partial charge in [-0.15, -0.1) is 0 Å². The molecule has 0 atom stereocenters. The van der Waals surface area contributed by atoms with Crippen LogP contribution in [0.4, 0.5) is 0 Å². The Labute approximate surface area is 115 Å². The van der Waals surface area contributed by atoms with Crippen molar-refractivity contribution >= 4 is 15.9 Å². The van der Waals surface area contributed by atoms with Gasteiger partial charge in [0.1, 0.15) is 0 Å². The first kappa shape index (κ1) is 11.9. The van der Waals surface area contributed by atoms with E-state index in [2.05, 4.69) is 26.1 Å². The van der Waals surface area contributed by atoms with E-state index in [-0.39, 0.29) is 0 Å². The molecular formula is C14H15BrN2O. The smallest absolute Gasteiger partial charge is 0.230 e. The van der Waals surface area contributed by atoms with E-state index < -0.39 is 0 Å². The number of nitrogens with zero attached hydrogens (tertiary/aromatic N) is 2. The van der Waals surface area contributed by atoms with Gasteiger partial charge in [0.2, 0.25) is 11.7 Å². The van der Waals surface area contributed by atoms with Gasteiger partial charge < -0.3 is 4.52 Å². The zero-order chi connectivity index (χ0) is 12.4. The summed E-state index contributed by atoms with van der Waals surface area (Å²) in [4.78, 5) is 4.55. The zero-order valence-corrected chi connectivity index (χ0v) is 11.7. The highest BCUT2D eigenvalue weighted by atomic mass is 79.9. The largest absolute Gasteiger partial charge is 0.339 e. The highest BCUT2D eigenvalue weighted by Gasteiger charge is 2.21. The lowest BCUT2D eigenvalue weighted by Gasteiger charge is -2.17. The molecule has 1 aromatic carbocycles. The standard InChI is InChI=1S/C14H15BrN2O/c15-12-8-4-7-11(9-12)13-16-14(18-17-13)10-5-2-1-3-6-10/h4,7-10H,1-3,5-6H2. The minimum Gasteiger partial charge on any atom is -0.339 e. The van der Waals surface area contributed by atoms with Crippen LogP contribution in [-0.2, 0) is 0 Å². The van der Waals surface area contributed by atoms with E-state index in [1.54, 1.807) is 0 Å². The van der Waals surface area contributed by atoms with Crippen molar-refractivity contribution in [3.63, 3.8) is 0 Å². The Kier molecular flexibility index (Phi) is 3.46. The molecular weight excluding hydrogens is 292 g/mol. The predicted octanol–water partition coefficient (Wildman–Crippen LogP) is 4.55. The molecule has 0 spiro atoms. The van der Waals surface area contributed by atoms with Crippen molar-refractivity contribution in [1.29, 1.82) is 0 Å². The van der Waals surface area contributed by atoms with Gasteiger partial charge >= 0.3 is 0 Å². The Balaban J connectivity index is 1.84. The van der Waals surface area contributed by atoms with Gasteiger partial charge in [-0.3, -0.25) is 0 Å². The number of hydrogen-bond donors (Lipinski definition) is 0. The molecule has 0 amide bonds. The number of benzene rings is 1. The highest BCUT2D eigenvalue weighted by molar-refractivity contribution is 9.10. The van der Waals surface area contributed by atoms with Crippen LogP contribution in [0.25, 0.3) is 11.4 Å². The molecule has 1 aromatic heterocycles. The Hall–Kier alpha value is -1.16. The lowest BCUT2D eigenvalue weighted by molar-refractivity contribution is 0.314. The van der Waals surface area contributed by atoms with E-state index in [9.17, 15) is 0 Å². The second kappa shape index (κ2) is 5.22. The summed E-state index contributed by atoms with van der Waals surface area (Å²) in [7, 11) is 0. The summed E-state index contributed by atoms with van der Waals surface area (Å²) in [6.45, 7) is 0. The minimum absolute atomic E-state index is 0.465. The number of halogens is 1. The van der Waals surface area contributed by atoms with Gasteiger partial charge in [-0.2, -0.15) is 4.98 Å². The van der Waals surface area contributed by atoms with Crippen LogP contribution in [0.3, 0.4) is 0 Å². The summed E-state index contributed by atoms with van der Waals surface area (Å²) in [5.41, 5.74) is 0.996. The Bertz CT molecular complexity index is 532. The first-order valence-electron chi connectivity index (χ1n) is 6.42. The lowest BCUT2D eigenvalue weighted by atomic mass is 9.89. The maximum Gasteiger partial charge on any atom is 0.230 e. The molecule has 2 aromatic rings. The molecule has 4 heteroatoms. The van der Waals surface area contributed by atoms with Crippen LogP contribution < -0.4 is 0 Å². The SMILES string of the molecule is Brc1cccc(-c2noc(C3CCCCC3)n2)c1. The second-order valence-electron chi connectivity index (χ2n) is 4.80. The van der Waals surface area contributed by atoms with Gasteiger partial charge in [0.15, 0.2) is 0 Å². The van der Waals surface area contributed by atoms with Crippen molar-refractivity contribution in [3.8, 4) is 11.4 Å². The van der Waals surface area contributed by atoms with E-state index >= 15 is 0 Å². The van der Waals surface area contributed by atoms with Crippen molar-refractivity contribution in [3.05, 3.63) is 34.6 Å². The fraction of sp³-hybridized carbons (Fsp3) is 0.429. The Morgan fingerprint density at radius 3 is 2.78 bits per heavy atom. The summed E-state index contributed by atoms with van der Waals surface area (Å²) >= 11 is 3.46. The molecule has 1 aliphatic carbocycles. The molecule has 0 saturated heterocycles. The van der Waals surface area contributed by atoms with Crippen molar-refractivity contribution in [1.82, 2.24) is 10.1 Å². The fourth-order valence-electron chi connectivity index (χ4n) is 2.50. The molecule has 0 N–H and O–H groups in total. The molecule has 0 aliphatic heterocycles. The summed E-state index contributed by atoms with van der Waals surface area (Å²) in [5, 5.41) is 4.10. The molecule has 0 radical (unpaired) electrons. The van der Waals surface area contributed by atoms with E-state index in [1.165, 1.54) is 32.1 Å². The van der Waals surface area contributed by atoms with Gasteiger partial charge in [0.05, 0.1) is 0 Å². The van der Waals surface area contributed by atoms with Crippen LogP contribution in [0.5, 0.6) is 0 Å². The van der Waals surface area contributed by atoms with Crippen molar-refractivity contribution in [2.24, 2.45) is 0 Å². The van der Waals surface area contributed by atoms with E-state index in [0.29, 0.717) is 11.7 Å². The Morgan fingerprint density at radius 1 is 1.17 bits per heavy atom. The summed E-state index contributed by atoms with van der Waals surface area (Å²) in [5.74, 6) is 1.97. The third kappa shape index (κ3) is 2.48. The van der Waals surface area contributed by atoms with Crippen LogP contribution in [0.1, 0.15) is 43.9 Å². The molecule has 1 saturated carbocycles. The van der Waals surface area contributed by atoms with Crippen molar-refractivity contribution in [2.75, 3.05) is 0 Å². The van der Waals surface area contributed by atoms with Crippen LogP contribution in [0, 0.1) is 0 Å². The van der Waals surface area contributed by atoms with Gasteiger partial charge in [-0.1, -0.05) is 52.5 Å². The molecule has 1 aliphatic rings. The summed E-state index contributed by atoms with van der Waals surface area (Å²) < 4.78 is 6.45. The third-order valence-corrected chi connectivity index (χ3v) is 3.97. The average molecular weight is 307 g/mol. The van der Waals surface area contributed by atoms with Crippen molar-refractivity contribution in [2.45, 2.75) is 38.0 Å². The summed E-state index contributed by atoms with van der Waals surface area (Å²) in [6.07, 6.45) is 6.25. The maximum atomic E-state index is 5.42. The molecule has 1 heterocycles. The first-order valence-corrected chi connectivity index (χ1v) is 7.22. The summed E-state index contributed by atoms with van der Waals surface area (Å²) in [6, 6.07) is 7.98. The molecule has 94 valence electrons. The van der Waals surface area contributed by atoms with Gasteiger partial charge in [0, 0.05) is 16.0 Å². The van der Waals surface area contributed by atoms with E-state index in [1.807, 2.05) is 24.3 Å². The fourth-order valence-corrected chi connectivity index (χ4v) is 2.89. The second-order valence-corrected chi connectivity index (χ2v) is 5.72. The van der Waals surface area contributed by atoms with Crippen LogP contribution in [0.15, 0.2) is 33.3 Å². The molecule has 3 rings (SSSR count). The lowest BCUT2D eigenvalue weighted by Crippen LogP contribution is -2.04. The van der Waals surface area contributed by atoms with Crippen LogP contribution >= 0.6 is 15.9 Å². The molecule has 0 unspecified atom stereocenters. The number of rotatable bonds is 2. The van der Waals surface area contributed by atoms with Gasteiger partial charge in [-0.25, -0.2) is 0 Å². The quantitative estimate of drug-likeness (QED) is 0.817. The van der Waals surface area contributed by atoms with Gasteiger partial charge in [-0.05, 0) is 25.0 Å². The number of aromatic nitrogens is 2. The van der Waals surface area contributed by atoms with Crippen molar-refractivity contribution < 1.29 is 4.52 Å².